The van der Waals surface area contributed by atoms with Gasteiger partial charge in [0, 0.05) is 25.1 Å². The number of benzene rings is 1. The quantitative estimate of drug-likeness (QED) is 0.591. The molecule has 1 aromatic rings. The van der Waals surface area contributed by atoms with Crippen molar-refractivity contribution in [3.63, 3.8) is 0 Å². The van der Waals surface area contributed by atoms with Crippen LogP contribution in [0.5, 0.6) is 0 Å². The van der Waals surface area contributed by atoms with Crippen molar-refractivity contribution < 1.29 is 10.0 Å². The zero-order chi connectivity index (χ0) is 15.3. The lowest BCUT2D eigenvalue weighted by molar-refractivity contribution is -0.116. The Hall–Kier alpha value is -2.10. The highest BCUT2D eigenvalue weighted by Crippen LogP contribution is 2.44. The van der Waals surface area contributed by atoms with Gasteiger partial charge in [0.25, 0.3) is 0 Å². The zero-order valence-electron chi connectivity index (χ0n) is 12.7. The van der Waals surface area contributed by atoms with E-state index in [1.165, 1.54) is 11.1 Å². The van der Waals surface area contributed by atoms with Crippen LogP contribution in [0.3, 0.4) is 0 Å². The lowest BCUT2D eigenvalue weighted by atomic mass is 9.77. The number of carbonyl (C=O) groups is 1. The van der Waals surface area contributed by atoms with Crippen LogP contribution in [0.25, 0.3) is 0 Å². The normalized spacial score (nSPS) is 29.2. The van der Waals surface area contributed by atoms with E-state index in [9.17, 15) is 10.0 Å². The molecule has 22 heavy (non-hydrogen) atoms. The average molecular weight is 296 g/mol. The third-order valence-electron chi connectivity index (χ3n) is 5.20. The lowest BCUT2D eigenvalue weighted by Gasteiger charge is -2.46. The molecule has 0 radical (unpaired) electrons. The Kier molecular flexibility index (Phi) is 3.06. The van der Waals surface area contributed by atoms with Gasteiger partial charge in [-0.2, -0.15) is 0 Å². The van der Waals surface area contributed by atoms with Crippen molar-refractivity contribution in [2.45, 2.75) is 38.6 Å². The molecule has 0 bridgehead atoms. The molecule has 0 saturated carbocycles. The van der Waals surface area contributed by atoms with Gasteiger partial charge in [-0.3, -0.25) is 4.79 Å². The fourth-order valence-electron chi connectivity index (χ4n) is 4.24. The van der Waals surface area contributed by atoms with Crippen molar-refractivity contribution in [2.24, 2.45) is 11.1 Å². The summed E-state index contributed by atoms with van der Waals surface area (Å²) in [5.41, 5.74) is 5.05. The van der Waals surface area contributed by atoms with Gasteiger partial charge in [0.05, 0.1) is 17.3 Å². The molecular weight excluding hydrogens is 276 g/mol. The highest BCUT2D eigenvalue weighted by atomic mass is 16.4. The third-order valence-corrected chi connectivity index (χ3v) is 5.20. The fourth-order valence-corrected chi connectivity index (χ4v) is 4.24. The number of allylic oxidation sites excluding steroid dienone is 2. The summed E-state index contributed by atoms with van der Waals surface area (Å²) in [6.45, 7) is 3.07. The van der Waals surface area contributed by atoms with E-state index in [1.807, 2.05) is 0 Å². The van der Waals surface area contributed by atoms with E-state index < -0.39 is 0 Å². The molecule has 4 heteroatoms. The second-order valence-electron chi connectivity index (χ2n) is 6.67. The minimum atomic E-state index is 0.138. The van der Waals surface area contributed by atoms with Gasteiger partial charge >= 0.3 is 0 Å². The molecule has 1 unspecified atom stereocenters. The number of carbonyl (C=O) groups excluding carboxylic acids is 1. The van der Waals surface area contributed by atoms with Crippen LogP contribution in [0.15, 0.2) is 40.7 Å². The molecule has 0 aromatic heterocycles. The Labute approximate surface area is 130 Å². The minimum Gasteiger partial charge on any atom is -0.411 e. The topological polar surface area (TPSA) is 52.9 Å². The summed E-state index contributed by atoms with van der Waals surface area (Å²) in [5, 5.41) is 12.9. The first-order valence-corrected chi connectivity index (χ1v) is 8.01. The van der Waals surface area contributed by atoms with Crippen molar-refractivity contribution in [3.05, 3.63) is 46.7 Å². The van der Waals surface area contributed by atoms with Crippen LogP contribution < -0.4 is 0 Å². The van der Waals surface area contributed by atoms with Gasteiger partial charge in [-0.05, 0) is 29.9 Å². The molecule has 4 nitrogen and oxygen atoms in total. The van der Waals surface area contributed by atoms with E-state index in [4.69, 9.17) is 0 Å². The van der Waals surface area contributed by atoms with Crippen LogP contribution >= 0.6 is 0 Å². The zero-order valence-corrected chi connectivity index (χ0v) is 12.7. The Morgan fingerprint density at radius 3 is 2.86 bits per heavy atom. The molecule has 2 atom stereocenters. The maximum atomic E-state index is 12.5. The van der Waals surface area contributed by atoms with Gasteiger partial charge in [0.15, 0.2) is 5.78 Å². The predicted octanol–water partition coefficient (Wildman–Crippen LogP) is 3.07. The van der Waals surface area contributed by atoms with Crippen molar-refractivity contribution in [1.82, 2.24) is 4.90 Å². The maximum absolute atomic E-state index is 12.5. The van der Waals surface area contributed by atoms with E-state index >= 15 is 0 Å². The monoisotopic (exact) mass is 296 g/mol. The highest BCUT2D eigenvalue weighted by molar-refractivity contribution is 6.23. The highest BCUT2D eigenvalue weighted by Gasteiger charge is 2.41. The van der Waals surface area contributed by atoms with Crippen LogP contribution in [0.4, 0.5) is 0 Å². The Balaban J connectivity index is 1.85. The molecule has 114 valence electrons. The molecule has 1 aliphatic carbocycles. The average Bonchev–Trinajstić information content (AvgIpc) is 2.53. The first-order chi connectivity index (χ1) is 10.7. The molecule has 3 aliphatic rings. The summed E-state index contributed by atoms with van der Waals surface area (Å²) in [5.74, 6) is 0.501. The number of Topliss-reactive ketones (excluding diaryl/α,β-unsaturated/α-hetero) is 1. The molecule has 0 fully saturated rings. The van der Waals surface area contributed by atoms with Gasteiger partial charge in [0.2, 0.25) is 0 Å². The SMILES string of the molecule is C[C@@H]1CC(=O)C2=C(C1)N1CCc3ccccc3C1CC2=NO. The van der Waals surface area contributed by atoms with Crippen molar-refractivity contribution >= 4 is 11.5 Å². The number of hydrogen-bond acceptors (Lipinski definition) is 4. The number of oxime groups is 1. The summed E-state index contributed by atoms with van der Waals surface area (Å²) in [6.07, 6.45) is 3.09. The Morgan fingerprint density at radius 2 is 2.05 bits per heavy atom. The smallest absolute Gasteiger partial charge is 0.166 e. The fraction of sp³-hybridized carbons (Fsp3) is 0.444. The number of rotatable bonds is 0. The molecule has 2 aliphatic heterocycles. The van der Waals surface area contributed by atoms with Crippen molar-refractivity contribution in [3.8, 4) is 0 Å². The third kappa shape index (κ3) is 1.90. The van der Waals surface area contributed by atoms with Crippen LogP contribution in [0, 0.1) is 5.92 Å². The summed E-state index contributed by atoms with van der Waals surface area (Å²) < 4.78 is 0. The van der Waals surface area contributed by atoms with Gasteiger partial charge in [-0.15, -0.1) is 0 Å². The predicted molar refractivity (Wildman–Crippen MR) is 83.9 cm³/mol. The van der Waals surface area contributed by atoms with E-state index in [0.29, 0.717) is 30.0 Å². The van der Waals surface area contributed by atoms with Crippen molar-refractivity contribution in [1.29, 1.82) is 0 Å². The summed E-state index contributed by atoms with van der Waals surface area (Å²) in [6, 6.07) is 8.70. The first kappa shape index (κ1) is 13.6. The van der Waals surface area contributed by atoms with Gasteiger partial charge in [-0.1, -0.05) is 36.3 Å². The maximum Gasteiger partial charge on any atom is 0.166 e. The molecule has 1 N–H and O–H groups in total. The summed E-state index contributed by atoms with van der Waals surface area (Å²) >= 11 is 0. The van der Waals surface area contributed by atoms with Crippen LogP contribution in [0.1, 0.15) is 43.4 Å². The van der Waals surface area contributed by atoms with E-state index in [2.05, 4.69) is 41.2 Å². The second-order valence-corrected chi connectivity index (χ2v) is 6.67. The summed E-state index contributed by atoms with van der Waals surface area (Å²) in [4.78, 5) is 14.8. The second kappa shape index (κ2) is 4.97. The molecule has 4 rings (SSSR count). The van der Waals surface area contributed by atoms with Crippen LogP contribution in [-0.2, 0) is 11.2 Å². The number of ketones is 1. The number of nitrogens with zero attached hydrogens (tertiary/aromatic N) is 2. The summed E-state index contributed by atoms with van der Waals surface area (Å²) in [7, 11) is 0. The minimum absolute atomic E-state index is 0.138. The Bertz CT molecular complexity index is 705. The Morgan fingerprint density at radius 1 is 1.23 bits per heavy atom. The standard InChI is InChI=1S/C18H20N2O2/c1-11-8-16-18(17(21)9-11)14(19-22)10-15-13-5-3-2-4-12(13)6-7-20(15)16/h2-5,11,15,22H,6-10H2,1H3/t11-,15?/m0/s1. The number of fused-ring (bicyclic) bond motifs is 4. The largest absolute Gasteiger partial charge is 0.411 e. The first-order valence-electron chi connectivity index (χ1n) is 8.01. The number of hydrogen-bond donors (Lipinski definition) is 1. The molecular formula is C18H20N2O2. The van der Waals surface area contributed by atoms with E-state index in [0.717, 1.165) is 25.1 Å². The van der Waals surface area contributed by atoms with E-state index in [-0.39, 0.29) is 11.8 Å². The van der Waals surface area contributed by atoms with Gasteiger partial charge in [0.1, 0.15) is 0 Å². The van der Waals surface area contributed by atoms with Gasteiger partial charge < -0.3 is 10.1 Å². The van der Waals surface area contributed by atoms with Crippen molar-refractivity contribution in [2.75, 3.05) is 6.54 Å². The van der Waals surface area contributed by atoms with Gasteiger partial charge in [-0.25, -0.2) is 0 Å². The van der Waals surface area contributed by atoms with Crippen LogP contribution in [0.2, 0.25) is 0 Å². The molecule has 1 aromatic carbocycles. The lowest BCUT2D eigenvalue weighted by Crippen LogP contribution is -2.44. The van der Waals surface area contributed by atoms with E-state index in [1.54, 1.807) is 0 Å². The molecule has 0 amide bonds. The van der Waals surface area contributed by atoms with Crippen LogP contribution in [-0.4, -0.2) is 28.1 Å². The molecule has 0 spiro atoms. The molecule has 2 heterocycles. The molecule has 0 saturated heterocycles.